The molecule has 2 rings (SSSR count). The van der Waals surface area contributed by atoms with Gasteiger partial charge >= 0.3 is 0 Å². The first-order valence-corrected chi connectivity index (χ1v) is 5.05. The molecule has 1 aromatic rings. The monoisotopic (exact) mass is 193 g/mol. The quantitative estimate of drug-likeness (QED) is 0.792. The van der Waals surface area contributed by atoms with Crippen molar-refractivity contribution in [3.8, 4) is 5.88 Å². The van der Waals surface area contributed by atoms with Gasteiger partial charge in [-0.25, -0.2) is 9.97 Å². The van der Waals surface area contributed by atoms with Crippen molar-refractivity contribution >= 4 is 5.82 Å². The van der Waals surface area contributed by atoms with Crippen molar-refractivity contribution in [3.05, 3.63) is 12.4 Å². The Hall–Kier alpha value is -1.32. The van der Waals surface area contributed by atoms with Crippen molar-refractivity contribution in [1.29, 1.82) is 0 Å². The van der Waals surface area contributed by atoms with Crippen molar-refractivity contribution in [2.75, 3.05) is 12.3 Å². The summed E-state index contributed by atoms with van der Waals surface area (Å²) in [6.45, 7) is 0.760. The molecule has 1 heterocycles. The number of anilines is 1. The Morgan fingerprint density at radius 1 is 1.36 bits per heavy atom. The van der Waals surface area contributed by atoms with Gasteiger partial charge in [-0.2, -0.15) is 0 Å². The van der Waals surface area contributed by atoms with E-state index in [1.807, 2.05) is 0 Å². The first-order valence-electron chi connectivity index (χ1n) is 5.05. The van der Waals surface area contributed by atoms with Crippen LogP contribution in [0.1, 0.15) is 25.7 Å². The number of ether oxygens (including phenoxy) is 1. The van der Waals surface area contributed by atoms with Crippen LogP contribution in [-0.4, -0.2) is 16.6 Å². The Balaban J connectivity index is 1.85. The predicted octanol–water partition coefficient (Wildman–Crippen LogP) is 1.63. The zero-order chi connectivity index (χ0) is 9.80. The summed E-state index contributed by atoms with van der Waals surface area (Å²) in [5.41, 5.74) is 5.51. The minimum absolute atomic E-state index is 0.460. The Morgan fingerprint density at radius 3 is 2.86 bits per heavy atom. The molecule has 1 saturated carbocycles. The van der Waals surface area contributed by atoms with Gasteiger partial charge in [0.2, 0.25) is 5.88 Å². The lowest BCUT2D eigenvalue weighted by molar-refractivity contribution is 0.243. The van der Waals surface area contributed by atoms with E-state index in [2.05, 4.69) is 9.97 Å². The number of nitrogens with two attached hydrogens (primary N) is 1. The van der Waals surface area contributed by atoms with Gasteiger partial charge in [-0.15, -0.1) is 0 Å². The lowest BCUT2D eigenvalue weighted by Crippen LogP contribution is -2.09. The number of hydrogen-bond acceptors (Lipinski definition) is 4. The van der Waals surface area contributed by atoms with Crippen LogP contribution in [0, 0.1) is 5.92 Å². The van der Waals surface area contributed by atoms with Gasteiger partial charge < -0.3 is 10.5 Å². The van der Waals surface area contributed by atoms with E-state index in [0.29, 0.717) is 17.6 Å². The van der Waals surface area contributed by atoms with Gasteiger partial charge in [-0.3, -0.25) is 0 Å². The standard InChI is InChI=1S/C10H15N3O/c11-9-5-10(13-7-12-9)14-6-8-3-1-2-4-8/h5,7-8H,1-4,6H2,(H2,11,12,13). The number of aromatic nitrogens is 2. The fourth-order valence-electron chi connectivity index (χ4n) is 1.81. The van der Waals surface area contributed by atoms with E-state index in [4.69, 9.17) is 10.5 Å². The molecule has 76 valence electrons. The Labute approximate surface area is 83.5 Å². The van der Waals surface area contributed by atoms with Crippen LogP contribution in [0.3, 0.4) is 0 Å². The highest BCUT2D eigenvalue weighted by Gasteiger charge is 2.15. The first-order chi connectivity index (χ1) is 6.84. The number of rotatable bonds is 3. The van der Waals surface area contributed by atoms with Crippen molar-refractivity contribution in [3.63, 3.8) is 0 Å². The van der Waals surface area contributed by atoms with Gasteiger partial charge in [0.05, 0.1) is 6.61 Å². The van der Waals surface area contributed by atoms with Gasteiger partial charge in [-0.1, -0.05) is 12.8 Å². The first kappa shape index (κ1) is 9.24. The van der Waals surface area contributed by atoms with Gasteiger partial charge in [0, 0.05) is 6.07 Å². The van der Waals surface area contributed by atoms with E-state index in [1.54, 1.807) is 6.07 Å². The summed E-state index contributed by atoms with van der Waals surface area (Å²) >= 11 is 0. The van der Waals surface area contributed by atoms with E-state index in [-0.39, 0.29) is 0 Å². The van der Waals surface area contributed by atoms with Crippen LogP contribution < -0.4 is 10.5 Å². The molecule has 4 heteroatoms. The molecule has 0 atom stereocenters. The van der Waals surface area contributed by atoms with Crippen LogP contribution in [0.2, 0.25) is 0 Å². The maximum absolute atomic E-state index is 5.54. The van der Waals surface area contributed by atoms with Crippen LogP contribution in [-0.2, 0) is 0 Å². The summed E-state index contributed by atoms with van der Waals surface area (Å²) in [6, 6.07) is 1.66. The van der Waals surface area contributed by atoms with E-state index in [9.17, 15) is 0 Å². The Kier molecular flexibility index (Phi) is 2.81. The molecule has 2 N–H and O–H groups in total. The summed E-state index contributed by atoms with van der Waals surface area (Å²) in [4.78, 5) is 7.79. The summed E-state index contributed by atoms with van der Waals surface area (Å²) in [5, 5.41) is 0. The largest absolute Gasteiger partial charge is 0.477 e. The fraction of sp³-hybridized carbons (Fsp3) is 0.600. The fourth-order valence-corrected chi connectivity index (χ4v) is 1.81. The second-order valence-corrected chi connectivity index (χ2v) is 3.74. The average Bonchev–Trinajstić information content (AvgIpc) is 2.67. The van der Waals surface area contributed by atoms with E-state index < -0.39 is 0 Å². The highest BCUT2D eigenvalue weighted by molar-refractivity contribution is 5.30. The zero-order valence-electron chi connectivity index (χ0n) is 8.15. The molecule has 1 aromatic heterocycles. The van der Waals surface area contributed by atoms with E-state index in [0.717, 1.165) is 6.61 Å². The summed E-state index contributed by atoms with van der Waals surface area (Å²) in [6.07, 6.45) is 6.65. The van der Waals surface area contributed by atoms with Crippen molar-refractivity contribution in [2.24, 2.45) is 5.92 Å². The molecular weight excluding hydrogens is 178 g/mol. The van der Waals surface area contributed by atoms with Gasteiger partial charge in [0.25, 0.3) is 0 Å². The third-order valence-corrected chi connectivity index (χ3v) is 2.60. The topological polar surface area (TPSA) is 61.0 Å². The Bertz CT molecular complexity index is 297. The molecule has 0 bridgehead atoms. The smallest absolute Gasteiger partial charge is 0.218 e. The molecule has 1 aliphatic carbocycles. The van der Waals surface area contributed by atoms with Crippen LogP contribution in [0.15, 0.2) is 12.4 Å². The number of nitrogen functional groups attached to an aromatic ring is 1. The third kappa shape index (κ3) is 2.34. The summed E-state index contributed by atoms with van der Waals surface area (Å²) in [7, 11) is 0. The van der Waals surface area contributed by atoms with Crippen LogP contribution in [0.4, 0.5) is 5.82 Å². The molecule has 0 radical (unpaired) electrons. The van der Waals surface area contributed by atoms with Crippen LogP contribution in [0.5, 0.6) is 5.88 Å². The zero-order valence-corrected chi connectivity index (χ0v) is 8.15. The number of hydrogen-bond donors (Lipinski definition) is 1. The minimum Gasteiger partial charge on any atom is -0.477 e. The molecule has 0 aromatic carbocycles. The van der Waals surface area contributed by atoms with Gasteiger partial charge in [0.1, 0.15) is 12.1 Å². The molecule has 0 saturated heterocycles. The molecule has 0 amide bonds. The van der Waals surface area contributed by atoms with Crippen molar-refractivity contribution in [1.82, 2.24) is 9.97 Å². The molecule has 0 aliphatic heterocycles. The molecular formula is C10H15N3O. The predicted molar refractivity (Wildman–Crippen MR) is 53.9 cm³/mol. The molecule has 4 nitrogen and oxygen atoms in total. The van der Waals surface area contributed by atoms with Crippen LogP contribution >= 0.6 is 0 Å². The second kappa shape index (κ2) is 4.26. The highest BCUT2D eigenvalue weighted by Crippen LogP contribution is 2.25. The van der Waals surface area contributed by atoms with E-state index >= 15 is 0 Å². The normalized spacial score (nSPS) is 17.1. The lowest BCUT2D eigenvalue weighted by Gasteiger charge is -2.09. The van der Waals surface area contributed by atoms with Crippen LogP contribution in [0.25, 0.3) is 0 Å². The lowest BCUT2D eigenvalue weighted by atomic mass is 10.1. The van der Waals surface area contributed by atoms with Crippen molar-refractivity contribution < 1.29 is 4.74 Å². The molecule has 0 unspecified atom stereocenters. The SMILES string of the molecule is Nc1cc(OCC2CCCC2)ncn1. The maximum atomic E-state index is 5.54. The van der Waals surface area contributed by atoms with Gasteiger partial charge in [0.15, 0.2) is 0 Å². The third-order valence-electron chi connectivity index (χ3n) is 2.60. The summed E-state index contributed by atoms with van der Waals surface area (Å²) < 4.78 is 5.54. The Morgan fingerprint density at radius 2 is 2.14 bits per heavy atom. The molecule has 0 spiro atoms. The highest BCUT2D eigenvalue weighted by atomic mass is 16.5. The van der Waals surface area contributed by atoms with Crippen molar-refractivity contribution in [2.45, 2.75) is 25.7 Å². The molecule has 14 heavy (non-hydrogen) atoms. The molecule has 1 fully saturated rings. The van der Waals surface area contributed by atoms with Gasteiger partial charge in [-0.05, 0) is 18.8 Å². The average molecular weight is 193 g/mol. The summed E-state index contributed by atoms with van der Waals surface area (Å²) in [5.74, 6) is 1.75. The molecule has 1 aliphatic rings. The second-order valence-electron chi connectivity index (χ2n) is 3.74. The minimum atomic E-state index is 0.460. The van der Waals surface area contributed by atoms with E-state index in [1.165, 1.54) is 32.0 Å². The maximum Gasteiger partial charge on any atom is 0.218 e. The number of nitrogens with zero attached hydrogens (tertiary/aromatic N) is 2.